The SMILES string of the molecule is NC(=O)COC(=O)[C@@H]1C[C@H]2CCCC[C@@H]2N1C(=O)c1cccc(Cl)c1. The lowest BCUT2D eigenvalue weighted by Crippen LogP contribution is -2.47. The van der Waals surface area contributed by atoms with Gasteiger partial charge in [0.15, 0.2) is 6.61 Å². The van der Waals surface area contributed by atoms with E-state index >= 15 is 0 Å². The van der Waals surface area contributed by atoms with Gasteiger partial charge in [0.25, 0.3) is 11.8 Å². The number of hydrogen-bond donors (Lipinski definition) is 1. The van der Waals surface area contributed by atoms with E-state index in [1.54, 1.807) is 29.2 Å². The van der Waals surface area contributed by atoms with Crippen molar-refractivity contribution in [2.45, 2.75) is 44.2 Å². The number of benzene rings is 1. The van der Waals surface area contributed by atoms with E-state index < -0.39 is 24.5 Å². The Hall–Kier alpha value is -2.08. The number of esters is 1. The maximum Gasteiger partial charge on any atom is 0.329 e. The molecule has 1 aliphatic heterocycles. The van der Waals surface area contributed by atoms with Crippen molar-refractivity contribution in [3.63, 3.8) is 0 Å². The molecule has 0 radical (unpaired) electrons. The van der Waals surface area contributed by atoms with Crippen molar-refractivity contribution in [2.24, 2.45) is 11.7 Å². The predicted octanol–water partition coefficient (Wildman–Crippen LogP) is 2.14. The lowest BCUT2D eigenvalue weighted by molar-refractivity contribution is -0.151. The van der Waals surface area contributed by atoms with Gasteiger partial charge in [-0.3, -0.25) is 9.59 Å². The standard InChI is InChI=1S/C18H21ClN2O4/c19-13-6-3-5-12(8-13)17(23)21-14-7-2-1-4-11(14)9-15(21)18(24)25-10-16(20)22/h3,5-6,8,11,14-15H,1-2,4,7,9-10H2,(H2,20,22)/t11-,14+,15+/m1/s1. The molecule has 6 nitrogen and oxygen atoms in total. The highest BCUT2D eigenvalue weighted by atomic mass is 35.5. The summed E-state index contributed by atoms with van der Waals surface area (Å²) < 4.78 is 5.00. The van der Waals surface area contributed by atoms with Crippen LogP contribution in [0, 0.1) is 5.92 Å². The van der Waals surface area contributed by atoms with E-state index in [1.807, 2.05) is 0 Å². The molecule has 1 aromatic rings. The van der Waals surface area contributed by atoms with Crippen LogP contribution in [-0.4, -0.2) is 41.4 Å². The third-order valence-corrected chi connectivity index (χ3v) is 5.26. The topological polar surface area (TPSA) is 89.7 Å². The number of nitrogens with two attached hydrogens (primary N) is 1. The summed E-state index contributed by atoms with van der Waals surface area (Å²) in [6.45, 7) is -0.468. The van der Waals surface area contributed by atoms with E-state index in [1.165, 1.54) is 0 Å². The predicted molar refractivity (Wildman–Crippen MR) is 91.9 cm³/mol. The first-order valence-electron chi connectivity index (χ1n) is 8.50. The number of amides is 2. The molecular weight excluding hydrogens is 344 g/mol. The Bertz CT molecular complexity index is 693. The Labute approximate surface area is 151 Å². The molecule has 0 aromatic heterocycles. The van der Waals surface area contributed by atoms with Crippen molar-refractivity contribution in [3.8, 4) is 0 Å². The summed E-state index contributed by atoms with van der Waals surface area (Å²) in [6, 6.07) is 6.04. The molecule has 2 N–H and O–H groups in total. The third-order valence-electron chi connectivity index (χ3n) is 5.02. The van der Waals surface area contributed by atoms with Crippen LogP contribution in [0.3, 0.4) is 0 Å². The zero-order chi connectivity index (χ0) is 18.0. The second kappa shape index (κ2) is 7.44. The molecule has 1 aliphatic carbocycles. The van der Waals surface area contributed by atoms with Crippen molar-refractivity contribution >= 4 is 29.4 Å². The number of ether oxygens (including phenoxy) is 1. The van der Waals surface area contributed by atoms with Crippen molar-refractivity contribution in [1.29, 1.82) is 0 Å². The molecule has 0 bridgehead atoms. The van der Waals surface area contributed by atoms with E-state index in [9.17, 15) is 14.4 Å². The monoisotopic (exact) mass is 364 g/mol. The maximum absolute atomic E-state index is 13.1. The van der Waals surface area contributed by atoms with Crippen LogP contribution in [0.15, 0.2) is 24.3 Å². The van der Waals surface area contributed by atoms with Gasteiger partial charge in [-0.2, -0.15) is 0 Å². The number of primary amides is 1. The van der Waals surface area contributed by atoms with E-state index in [0.29, 0.717) is 17.0 Å². The first kappa shape index (κ1) is 17.7. The molecule has 1 heterocycles. The Morgan fingerprint density at radius 2 is 2.00 bits per heavy atom. The summed E-state index contributed by atoms with van der Waals surface area (Å²) in [7, 11) is 0. The van der Waals surface area contributed by atoms with Crippen LogP contribution in [0.1, 0.15) is 42.5 Å². The van der Waals surface area contributed by atoms with Gasteiger partial charge in [0.2, 0.25) is 0 Å². The molecule has 1 saturated heterocycles. The number of carbonyl (C=O) groups excluding carboxylic acids is 3. The number of likely N-dealkylation sites (tertiary alicyclic amines) is 1. The number of nitrogens with zero attached hydrogens (tertiary/aromatic N) is 1. The molecular formula is C18H21ClN2O4. The fourth-order valence-electron chi connectivity index (χ4n) is 3.97. The highest BCUT2D eigenvalue weighted by Gasteiger charge is 2.48. The fourth-order valence-corrected chi connectivity index (χ4v) is 4.16. The molecule has 3 atom stereocenters. The Balaban J connectivity index is 1.86. The van der Waals surface area contributed by atoms with Crippen LogP contribution in [0.25, 0.3) is 0 Å². The Kier molecular flexibility index (Phi) is 5.27. The first-order valence-corrected chi connectivity index (χ1v) is 8.88. The normalized spacial score (nSPS) is 25.3. The summed E-state index contributed by atoms with van der Waals surface area (Å²) in [5, 5.41) is 0.470. The van der Waals surface area contributed by atoms with Crippen LogP contribution >= 0.6 is 11.6 Å². The molecule has 2 aliphatic rings. The summed E-state index contributed by atoms with van der Waals surface area (Å²) in [4.78, 5) is 38.1. The minimum absolute atomic E-state index is 0.0198. The minimum Gasteiger partial charge on any atom is -0.454 e. The molecule has 7 heteroatoms. The van der Waals surface area contributed by atoms with Crippen molar-refractivity contribution in [2.75, 3.05) is 6.61 Å². The highest BCUT2D eigenvalue weighted by molar-refractivity contribution is 6.31. The van der Waals surface area contributed by atoms with E-state index in [0.717, 1.165) is 25.7 Å². The molecule has 0 unspecified atom stereocenters. The number of carbonyl (C=O) groups is 3. The van der Waals surface area contributed by atoms with Gasteiger partial charge in [0, 0.05) is 16.6 Å². The Morgan fingerprint density at radius 1 is 1.24 bits per heavy atom. The van der Waals surface area contributed by atoms with Gasteiger partial charge in [-0.25, -0.2) is 4.79 Å². The second-order valence-electron chi connectivity index (χ2n) is 6.66. The lowest BCUT2D eigenvalue weighted by atomic mass is 9.84. The zero-order valence-electron chi connectivity index (χ0n) is 13.8. The average Bonchev–Trinajstić information content (AvgIpc) is 2.98. The van der Waals surface area contributed by atoms with E-state index in [2.05, 4.69) is 0 Å². The third kappa shape index (κ3) is 3.79. The number of rotatable bonds is 4. The fraction of sp³-hybridized carbons (Fsp3) is 0.500. The second-order valence-corrected chi connectivity index (χ2v) is 7.10. The minimum atomic E-state index is -0.712. The van der Waals surface area contributed by atoms with Crippen molar-refractivity contribution in [1.82, 2.24) is 4.90 Å². The van der Waals surface area contributed by atoms with Gasteiger partial charge in [0.05, 0.1) is 0 Å². The number of halogens is 1. The van der Waals surface area contributed by atoms with Gasteiger partial charge in [-0.15, -0.1) is 0 Å². The molecule has 134 valence electrons. The molecule has 0 spiro atoms. The molecule has 3 rings (SSSR count). The van der Waals surface area contributed by atoms with E-state index in [-0.39, 0.29) is 17.9 Å². The zero-order valence-corrected chi connectivity index (χ0v) is 14.6. The Morgan fingerprint density at radius 3 is 2.72 bits per heavy atom. The van der Waals surface area contributed by atoms with Gasteiger partial charge in [-0.05, 0) is 43.4 Å². The molecule has 2 amide bonds. The number of hydrogen-bond acceptors (Lipinski definition) is 4. The summed E-state index contributed by atoms with van der Waals surface area (Å²) >= 11 is 6.00. The molecule has 25 heavy (non-hydrogen) atoms. The number of fused-ring (bicyclic) bond motifs is 1. The molecule has 2 fully saturated rings. The smallest absolute Gasteiger partial charge is 0.329 e. The summed E-state index contributed by atoms with van der Waals surface area (Å²) in [6.07, 6.45) is 4.56. The summed E-state index contributed by atoms with van der Waals surface area (Å²) in [5.41, 5.74) is 5.50. The quantitative estimate of drug-likeness (QED) is 0.829. The molecule has 1 saturated carbocycles. The van der Waals surface area contributed by atoms with Crippen molar-refractivity contribution < 1.29 is 19.1 Å². The molecule has 1 aromatic carbocycles. The largest absolute Gasteiger partial charge is 0.454 e. The summed E-state index contributed by atoms with van der Waals surface area (Å²) in [5.74, 6) is -1.22. The van der Waals surface area contributed by atoms with Gasteiger partial charge >= 0.3 is 5.97 Å². The van der Waals surface area contributed by atoms with Crippen LogP contribution in [0.5, 0.6) is 0 Å². The van der Waals surface area contributed by atoms with Gasteiger partial charge in [0.1, 0.15) is 6.04 Å². The van der Waals surface area contributed by atoms with Crippen molar-refractivity contribution in [3.05, 3.63) is 34.9 Å². The van der Waals surface area contributed by atoms with Crippen LogP contribution in [0.4, 0.5) is 0 Å². The van der Waals surface area contributed by atoms with Gasteiger partial charge < -0.3 is 15.4 Å². The maximum atomic E-state index is 13.1. The lowest BCUT2D eigenvalue weighted by Gasteiger charge is -2.33. The van der Waals surface area contributed by atoms with E-state index in [4.69, 9.17) is 22.1 Å². The van der Waals surface area contributed by atoms with Crippen LogP contribution in [-0.2, 0) is 14.3 Å². The average molecular weight is 365 g/mol. The first-order chi connectivity index (χ1) is 12.0. The highest BCUT2D eigenvalue weighted by Crippen LogP contribution is 2.41. The van der Waals surface area contributed by atoms with Gasteiger partial charge in [-0.1, -0.05) is 30.5 Å². The van der Waals surface area contributed by atoms with Crippen LogP contribution < -0.4 is 5.73 Å². The van der Waals surface area contributed by atoms with Crippen LogP contribution in [0.2, 0.25) is 5.02 Å².